The molecule has 1 aromatic rings. The molecule has 2 nitrogen and oxygen atoms in total. The van der Waals surface area contributed by atoms with Crippen molar-refractivity contribution in [3.05, 3.63) is 33.8 Å². The van der Waals surface area contributed by atoms with E-state index in [0.29, 0.717) is 10.0 Å². The summed E-state index contributed by atoms with van der Waals surface area (Å²) < 4.78 is 0. The van der Waals surface area contributed by atoms with Crippen LogP contribution in [0.4, 0.5) is 0 Å². The minimum Gasteiger partial charge on any atom is -0.211 e. The zero-order valence-corrected chi connectivity index (χ0v) is 8.43. The van der Waals surface area contributed by atoms with Crippen LogP contribution in [0.1, 0.15) is 18.5 Å². The highest BCUT2D eigenvalue weighted by Crippen LogP contribution is 2.26. The minimum atomic E-state index is -0.229. The molecular weight excluding hydrogens is 209 g/mol. The smallest absolute Gasteiger partial charge is 0.211 e. The fourth-order valence-corrected chi connectivity index (χ4v) is 1.23. The van der Waals surface area contributed by atoms with Crippen molar-refractivity contribution in [1.82, 2.24) is 0 Å². The van der Waals surface area contributed by atoms with Crippen LogP contribution in [-0.4, -0.2) is 6.08 Å². The Labute approximate surface area is 86.2 Å². The molecule has 0 saturated carbocycles. The number of carbonyl (C=O) groups excluding carboxylic acids is 1. The molecule has 68 valence electrons. The lowest BCUT2D eigenvalue weighted by molar-refractivity contribution is 0.559. The highest BCUT2D eigenvalue weighted by molar-refractivity contribution is 6.42. The molecule has 1 rings (SSSR count). The summed E-state index contributed by atoms with van der Waals surface area (Å²) >= 11 is 11.5. The number of benzene rings is 1. The number of hydrogen-bond acceptors (Lipinski definition) is 2. The normalized spacial score (nSPS) is 11.9. The fraction of sp³-hybridized carbons (Fsp3) is 0.222. The van der Waals surface area contributed by atoms with Crippen molar-refractivity contribution in [3.8, 4) is 0 Å². The first-order chi connectivity index (χ1) is 6.15. The van der Waals surface area contributed by atoms with Gasteiger partial charge in [-0.3, -0.25) is 0 Å². The van der Waals surface area contributed by atoms with E-state index in [2.05, 4.69) is 4.99 Å². The van der Waals surface area contributed by atoms with Gasteiger partial charge in [-0.1, -0.05) is 29.3 Å². The summed E-state index contributed by atoms with van der Waals surface area (Å²) in [5.74, 6) is 0. The molecule has 0 aromatic heterocycles. The maximum absolute atomic E-state index is 9.99. The van der Waals surface area contributed by atoms with Crippen LogP contribution < -0.4 is 0 Å². The van der Waals surface area contributed by atoms with Gasteiger partial charge in [0.1, 0.15) is 0 Å². The highest BCUT2D eigenvalue weighted by atomic mass is 35.5. The molecule has 0 heterocycles. The van der Waals surface area contributed by atoms with Crippen molar-refractivity contribution in [2.45, 2.75) is 13.0 Å². The number of halogens is 2. The molecule has 0 saturated heterocycles. The van der Waals surface area contributed by atoms with Crippen LogP contribution in [0.25, 0.3) is 0 Å². The SMILES string of the molecule is CC(N=C=O)c1ccc(Cl)c(Cl)c1. The van der Waals surface area contributed by atoms with E-state index in [1.54, 1.807) is 25.1 Å². The number of hydrogen-bond donors (Lipinski definition) is 0. The van der Waals surface area contributed by atoms with E-state index >= 15 is 0 Å². The maximum atomic E-state index is 9.99. The molecule has 4 heteroatoms. The third-order valence-corrected chi connectivity index (χ3v) is 2.41. The lowest BCUT2D eigenvalue weighted by Crippen LogP contribution is -1.88. The van der Waals surface area contributed by atoms with Crippen LogP contribution in [0.2, 0.25) is 10.0 Å². The van der Waals surface area contributed by atoms with Crippen molar-refractivity contribution in [2.24, 2.45) is 4.99 Å². The Morgan fingerprint density at radius 1 is 1.38 bits per heavy atom. The molecule has 13 heavy (non-hydrogen) atoms. The molecule has 1 unspecified atom stereocenters. The summed E-state index contributed by atoms with van der Waals surface area (Å²) in [7, 11) is 0. The molecule has 0 aliphatic rings. The Bertz CT molecular complexity index is 359. The largest absolute Gasteiger partial charge is 0.235 e. The van der Waals surface area contributed by atoms with Crippen LogP contribution in [-0.2, 0) is 4.79 Å². The van der Waals surface area contributed by atoms with E-state index in [-0.39, 0.29) is 6.04 Å². The Balaban J connectivity index is 3.03. The second kappa shape index (κ2) is 4.43. The summed E-state index contributed by atoms with van der Waals surface area (Å²) in [6.45, 7) is 1.78. The first kappa shape index (κ1) is 10.3. The second-order valence-corrected chi connectivity index (χ2v) is 3.38. The van der Waals surface area contributed by atoms with Gasteiger partial charge in [0.2, 0.25) is 6.08 Å². The van der Waals surface area contributed by atoms with Gasteiger partial charge in [-0.25, -0.2) is 4.79 Å². The first-order valence-electron chi connectivity index (χ1n) is 3.67. The van der Waals surface area contributed by atoms with Gasteiger partial charge in [0.05, 0.1) is 16.1 Å². The Morgan fingerprint density at radius 2 is 2.08 bits per heavy atom. The molecule has 0 N–H and O–H groups in total. The average molecular weight is 216 g/mol. The monoisotopic (exact) mass is 215 g/mol. The average Bonchev–Trinajstić information content (AvgIpc) is 2.10. The predicted octanol–water partition coefficient (Wildman–Crippen LogP) is 3.39. The van der Waals surface area contributed by atoms with Crippen LogP contribution in [0.5, 0.6) is 0 Å². The Hall–Kier alpha value is -0.820. The summed E-state index contributed by atoms with van der Waals surface area (Å²) in [6.07, 6.45) is 1.50. The zero-order valence-electron chi connectivity index (χ0n) is 6.92. The topological polar surface area (TPSA) is 29.4 Å². The van der Waals surface area contributed by atoms with Crippen LogP contribution in [0.15, 0.2) is 23.2 Å². The third kappa shape index (κ3) is 2.56. The molecule has 0 aliphatic carbocycles. The van der Waals surface area contributed by atoms with Crippen molar-refractivity contribution < 1.29 is 4.79 Å². The maximum Gasteiger partial charge on any atom is 0.235 e. The van der Waals surface area contributed by atoms with Gasteiger partial charge in [0, 0.05) is 0 Å². The zero-order chi connectivity index (χ0) is 9.84. The van der Waals surface area contributed by atoms with Gasteiger partial charge in [0.15, 0.2) is 0 Å². The quantitative estimate of drug-likeness (QED) is 0.550. The predicted molar refractivity (Wildman–Crippen MR) is 53.0 cm³/mol. The fourth-order valence-electron chi connectivity index (χ4n) is 0.926. The van der Waals surface area contributed by atoms with Gasteiger partial charge in [-0.05, 0) is 24.6 Å². The Kier molecular flexibility index (Phi) is 3.49. The van der Waals surface area contributed by atoms with E-state index in [4.69, 9.17) is 23.2 Å². The van der Waals surface area contributed by atoms with Gasteiger partial charge in [0.25, 0.3) is 0 Å². The van der Waals surface area contributed by atoms with Gasteiger partial charge >= 0.3 is 0 Å². The van der Waals surface area contributed by atoms with Crippen molar-refractivity contribution in [1.29, 1.82) is 0 Å². The number of nitrogens with zero attached hydrogens (tertiary/aromatic N) is 1. The molecule has 0 fully saturated rings. The minimum absolute atomic E-state index is 0.229. The molecular formula is C9H7Cl2NO. The van der Waals surface area contributed by atoms with E-state index in [0.717, 1.165) is 5.56 Å². The lowest BCUT2D eigenvalue weighted by Gasteiger charge is -2.05. The van der Waals surface area contributed by atoms with Crippen molar-refractivity contribution >= 4 is 29.3 Å². The van der Waals surface area contributed by atoms with Crippen molar-refractivity contribution in [2.75, 3.05) is 0 Å². The molecule has 1 atom stereocenters. The molecule has 0 bridgehead atoms. The van der Waals surface area contributed by atoms with E-state index < -0.39 is 0 Å². The highest BCUT2D eigenvalue weighted by Gasteiger charge is 2.05. The lowest BCUT2D eigenvalue weighted by atomic mass is 10.1. The molecule has 0 amide bonds. The first-order valence-corrected chi connectivity index (χ1v) is 4.42. The van der Waals surface area contributed by atoms with E-state index in [9.17, 15) is 4.79 Å². The van der Waals surface area contributed by atoms with Crippen LogP contribution in [0.3, 0.4) is 0 Å². The molecule has 0 radical (unpaired) electrons. The number of isocyanates is 1. The second-order valence-electron chi connectivity index (χ2n) is 2.57. The molecule has 1 aromatic carbocycles. The van der Waals surface area contributed by atoms with Gasteiger partial charge in [-0.15, -0.1) is 0 Å². The summed E-state index contributed by atoms with van der Waals surface area (Å²) in [4.78, 5) is 13.5. The summed E-state index contributed by atoms with van der Waals surface area (Å²) in [5, 5.41) is 0.958. The number of rotatable bonds is 2. The van der Waals surface area contributed by atoms with Crippen LogP contribution in [0, 0.1) is 0 Å². The van der Waals surface area contributed by atoms with E-state index in [1.807, 2.05) is 0 Å². The molecule has 0 aliphatic heterocycles. The van der Waals surface area contributed by atoms with Crippen LogP contribution >= 0.6 is 23.2 Å². The van der Waals surface area contributed by atoms with E-state index in [1.165, 1.54) is 6.08 Å². The van der Waals surface area contributed by atoms with Gasteiger partial charge in [-0.2, -0.15) is 4.99 Å². The third-order valence-electron chi connectivity index (χ3n) is 1.67. The van der Waals surface area contributed by atoms with Crippen molar-refractivity contribution in [3.63, 3.8) is 0 Å². The van der Waals surface area contributed by atoms with Gasteiger partial charge < -0.3 is 0 Å². The summed E-state index contributed by atoms with van der Waals surface area (Å²) in [5.41, 5.74) is 0.845. The summed E-state index contributed by atoms with van der Waals surface area (Å²) in [6, 6.07) is 4.91. The number of aliphatic imine (C=N–C) groups is 1. The standard InChI is InChI=1S/C9H7Cl2NO/c1-6(12-5-13)7-2-3-8(10)9(11)4-7/h2-4,6H,1H3. The molecule has 0 spiro atoms. The Morgan fingerprint density at radius 3 is 2.62 bits per heavy atom.